The second-order valence-corrected chi connectivity index (χ2v) is 4.20. The Morgan fingerprint density at radius 2 is 2.13 bits per heavy atom. The van der Waals surface area contributed by atoms with Crippen molar-refractivity contribution in [3.63, 3.8) is 0 Å². The molecule has 1 fully saturated rings. The molecule has 0 aromatic rings. The summed E-state index contributed by atoms with van der Waals surface area (Å²) in [5.41, 5.74) is -0.431. The molecule has 0 aromatic heterocycles. The average Bonchev–Trinajstić information content (AvgIpc) is 2.44. The number of hydrogen-bond donors (Lipinski definition) is 1. The minimum Gasteiger partial charge on any atom is -0.478 e. The summed E-state index contributed by atoms with van der Waals surface area (Å²) in [6.45, 7) is 3.94. The third kappa shape index (κ3) is 3.08. The second kappa shape index (κ2) is 4.47. The predicted molar refractivity (Wildman–Crippen MR) is 54.3 cm³/mol. The molecule has 4 nitrogen and oxygen atoms in total. The summed E-state index contributed by atoms with van der Waals surface area (Å²) in [5, 5.41) is 8.34. The zero-order valence-corrected chi connectivity index (χ0v) is 9.03. The molecule has 0 bridgehead atoms. The Labute approximate surface area is 88.9 Å². The van der Waals surface area contributed by atoms with Crippen LogP contribution in [0.5, 0.6) is 0 Å². The van der Waals surface area contributed by atoms with E-state index in [4.69, 9.17) is 9.84 Å². The molecule has 84 valence electrons. The SMILES string of the molecule is CC1CCCC1(C)OC(=O)/C=C/C(=O)O. The van der Waals surface area contributed by atoms with Crippen LogP contribution in [0, 0.1) is 5.92 Å². The predicted octanol–water partition coefficient (Wildman–Crippen LogP) is 1.75. The first kappa shape index (κ1) is 11.8. The molecular formula is C11H16O4. The van der Waals surface area contributed by atoms with Crippen LogP contribution in [-0.2, 0) is 14.3 Å². The second-order valence-electron chi connectivity index (χ2n) is 4.20. The first-order valence-electron chi connectivity index (χ1n) is 5.08. The van der Waals surface area contributed by atoms with E-state index in [-0.39, 0.29) is 0 Å². The molecule has 0 aromatic carbocycles. The van der Waals surface area contributed by atoms with Crippen LogP contribution in [0.1, 0.15) is 33.1 Å². The molecule has 2 atom stereocenters. The lowest BCUT2D eigenvalue weighted by Crippen LogP contribution is -2.33. The van der Waals surface area contributed by atoms with E-state index in [1.165, 1.54) is 0 Å². The van der Waals surface area contributed by atoms with Gasteiger partial charge in [-0.2, -0.15) is 0 Å². The zero-order chi connectivity index (χ0) is 11.5. The fourth-order valence-corrected chi connectivity index (χ4v) is 1.87. The number of carboxylic acid groups (broad SMARTS) is 1. The normalized spacial score (nSPS) is 30.7. The molecule has 0 saturated heterocycles. The van der Waals surface area contributed by atoms with Crippen molar-refractivity contribution in [2.24, 2.45) is 5.92 Å². The van der Waals surface area contributed by atoms with Gasteiger partial charge in [-0.3, -0.25) is 0 Å². The van der Waals surface area contributed by atoms with Gasteiger partial charge in [-0.15, -0.1) is 0 Å². The van der Waals surface area contributed by atoms with E-state index in [0.29, 0.717) is 5.92 Å². The molecule has 1 rings (SSSR count). The fourth-order valence-electron chi connectivity index (χ4n) is 1.87. The van der Waals surface area contributed by atoms with Gasteiger partial charge in [0.2, 0.25) is 0 Å². The Morgan fingerprint density at radius 3 is 2.60 bits per heavy atom. The van der Waals surface area contributed by atoms with Gasteiger partial charge in [-0.05, 0) is 32.1 Å². The maximum absolute atomic E-state index is 11.3. The van der Waals surface area contributed by atoms with Gasteiger partial charge in [0.1, 0.15) is 5.60 Å². The minimum atomic E-state index is -1.14. The lowest BCUT2D eigenvalue weighted by Gasteiger charge is -2.28. The Bertz CT molecular complexity index is 295. The largest absolute Gasteiger partial charge is 0.478 e. The highest BCUT2D eigenvalue weighted by Crippen LogP contribution is 2.38. The van der Waals surface area contributed by atoms with Gasteiger partial charge in [-0.1, -0.05) is 6.92 Å². The van der Waals surface area contributed by atoms with Crippen LogP contribution < -0.4 is 0 Å². The lowest BCUT2D eigenvalue weighted by atomic mass is 9.95. The van der Waals surface area contributed by atoms with Gasteiger partial charge in [0, 0.05) is 12.2 Å². The van der Waals surface area contributed by atoms with E-state index in [9.17, 15) is 9.59 Å². The molecule has 0 aliphatic heterocycles. The number of carboxylic acids is 1. The van der Waals surface area contributed by atoms with Gasteiger partial charge in [0.15, 0.2) is 0 Å². The van der Waals surface area contributed by atoms with Crippen molar-refractivity contribution in [3.8, 4) is 0 Å². The van der Waals surface area contributed by atoms with E-state index in [1.807, 2.05) is 13.8 Å². The number of rotatable bonds is 3. The van der Waals surface area contributed by atoms with Gasteiger partial charge in [0.05, 0.1) is 0 Å². The molecule has 1 N–H and O–H groups in total. The summed E-state index contributed by atoms with van der Waals surface area (Å²) < 4.78 is 5.27. The van der Waals surface area contributed by atoms with Crippen molar-refractivity contribution >= 4 is 11.9 Å². The van der Waals surface area contributed by atoms with Crippen LogP contribution in [-0.4, -0.2) is 22.6 Å². The average molecular weight is 212 g/mol. The Balaban J connectivity index is 2.54. The third-order valence-corrected chi connectivity index (χ3v) is 3.05. The number of ether oxygens (including phenoxy) is 1. The Morgan fingerprint density at radius 1 is 1.47 bits per heavy atom. The van der Waals surface area contributed by atoms with E-state index in [0.717, 1.165) is 31.4 Å². The van der Waals surface area contributed by atoms with Crippen LogP contribution in [0.15, 0.2) is 12.2 Å². The monoisotopic (exact) mass is 212 g/mol. The van der Waals surface area contributed by atoms with Gasteiger partial charge < -0.3 is 9.84 Å². The molecule has 1 aliphatic carbocycles. The summed E-state index contributed by atoms with van der Waals surface area (Å²) in [6, 6.07) is 0. The summed E-state index contributed by atoms with van der Waals surface area (Å²) in [4.78, 5) is 21.5. The molecule has 0 spiro atoms. The summed E-state index contributed by atoms with van der Waals surface area (Å²) in [5.74, 6) is -1.38. The van der Waals surface area contributed by atoms with Crippen molar-refractivity contribution in [2.45, 2.75) is 38.7 Å². The smallest absolute Gasteiger partial charge is 0.331 e. The van der Waals surface area contributed by atoms with E-state index >= 15 is 0 Å². The molecule has 2 unspecified atom stereocenters. The molecule has 0 radical (unpaired) electrons. The van der Waals surface area contributed by atoms with Gasteiger partial charge in [0.25, 0.3) is 0 Å². The molecular weight excluding hydrogens is 196 g/mol. The van der Waals surface area contributed by atoms with Crippen molar-refractivity contribution in [3.05, 3.63) is 12.2 Å². The fraction of sp³-hybridized carbons (Fsp3) is 0.636. The third-order valence-electron chi connectivity index (χ3n) is 3.05. The van der Waals surface area contributed by atoms with Crippen molar-refractivity contribution in [2.75, 3.05) is 0 Å². The molecule has 0 heterocycles. The van der Waals surface area contributed by atoms with Crippen molar-refractivity contribution in [1.29, 1.82) is 0 Å². The molecule has 4 heteroatoms. The van der Waals surface area contributed by atoms with Gasteiger partial charge >= 0.3 is 11.9 Å². The van der Waals surface area contributed by atoms with E-state index < -0.39 is 17.5 Å². The number of carbonyl (C=O) groups is 2. The summed E-state index contributed by atoms with van der Waals surface area (Å²) in [7, 11) is 0. The lowest BCUT2D eigenvalue weighted by molar-refractivity contribution is -0.155. The van der Waals surface area contributed by atoms with Gasteiger partial charge in [-0.25, -0.2) is 9.59 Å². The standard InChI is InChI=1S/C11H16O4/c1-8-4-3-7-11(8,2)15-10(14)6-5-9(12)13/h5-6,8H,3-4,7H2,1-2H3,(H,12,13)/b6-5+. The first-order chi connectivity index (χ1) is 6.94. The molecule has 0 amide bonds. The van der Waals surface area contributed by atoms with E-state index in [2.05, 4.69) is 0 Å². The number of hydrogen-bond acceptors (Lipinski definition) is 3. The maximum Gasteiger partial charge on any atom is 0.331 e. The molecule has 1 aliphatic rings. The topological polar surface area (TPSA) is 63.6 Å². The maximum atomic E-state index is 11.3. The summed E-state index contributed by atoms with van der Waals surface area (Å²) >= 11 is 0. The van der Waals surface area contributed by atoms with E-state index in [1.54, 1.807) is 0 Å². The Hall–Kier alpha value is -1.32. The highest BCUT2D eigenvalue weighted by Gasteiger charge is 2.38. The van der Waals surface area contributed by atoms with Crippen LogP contribution in [0.4, 0.5) is 0 Å². The minimum absolute atomic E-state index is 0.333. The van der Waals surface area contributed by atoms with Crippen LogP contribution >= 0.6 is 0 Å². The highest BCUT2D eigenvalue weighted by molar-refractivity contribution is 5.90. The van der Waals surface area contributed by atoms with Crippen LogP contribution in [0.25, 0.3) is 0 Å². The number of aliphatic carboxylic acids is 1. The number of esters is 1. The highest BCUT2D eigenvalue weighted by atomic mass is 16.6. The van der Waals surface area contributed by atoms with Crippen molar-refractivity contribution in [1.82, 2.24) is 0 Å². The molecule has 15 heavy (non-hydrogen) atoms. The molecule has 1 saturated carbocycles. The van der Waals surface area contributed by atoms with Crippen LogP contribution in [0.2, 0.25) is 0 Å². The van der Waals surface area contributed by atoms with Crippen LogP contribution in [0.3, 0.4) is 0 Å². The number of carbonyl (C=O) groups excluding carboxylic acids is 1. The van der Waals surface area contributed by atoms with Crippen molar-refractivity contribution < 1.29 is 19.4 Å². The first-order valence-corrected chi connectivity index (χ1v) is 5.08. The quantitative estimate of drug-likeness (QED) is 0.571. The Kier molecular flexibility index (Phi) is 3.50. The summed E-state index contributed by atoms with van der Waals surface area (Å²) in [6.07, 6.45) is 4.70. The zero-order valence-electron chi connectivity index (χ0n) is 9.03.